The molecule has 1 aliphatic carbocycles. The van der Waals surface area contributed by atoms with Gasteiger partial charge in [0.1, 0.15) is 0 Å². The fraction of sp³-hybridized carbons (Fsp3) is 0.571. The smallest absolute Gasteiger partial charge is 0.0548 e. The van der Waals surface area contributed by atoms with Crippen molar-refractivity contribution in [2.75, 3.05) is 19.6 Å². The first kappa shape index (κ1) is 14.3. The van der Waals surface area contributed by atoms with Crippen LogP contribution >= 0.6 is 27.5 Å². The van der Waals surface area contributed by atoms with Gasteiger partial charge in [-0.05, 0) is 53.0 Å². The lowest BCUT2D eigenvalue weighted by molar-refractivity contribution is 0.277. The Morgan fingerprint density at radius 1 is 1.44 bits per heavy atom. The summed E-state index contributed by atoms with van der Waals surface area (Å²) in [6.07, 6.45) is 2.77. The average molecular weight is 332 g/mol. The van der Waals surface area contributed by atoms with Crippen LogP contribution in [0.5, 0.6) is 0 Å². The van der Waals surface area contributed by atoms with Gasteiger partial charge in [0, 0.05) is 30.1 Å². The van der Waals surface area contributed by atoms with E-state index in [9.17, 15) is 0 Å². The molecule has 0 amide bonds. The van der Waals surface area contributed by atoms with Crippen molar-refractivity contribution in [3.8, 4) is 0 Å². The number of nitrogens with zero attached hydrogens (tertiary/aromatic N) is 1. The number of rotatable bonds is 7. The molecule has 0 unspecified atom stereocenters. The molecule has 4 heteroatoms. The largest absolute Gasteiger partial charge is 0.311 e. The third kappa shape index (κ3) is 4.23. The Labute approximate surface area is 123 Å². The summed E-state index contributed by atoms with van der Waals surface area (Å²) in [6.45, 7) is 6.51. The zero-order valence-electron chi connectivity index (χ0n) is 10.8. The van der Waals surface area contributed by atoms with Crippen LogP contribution in [0.2, 0.25) is 5.02 Å². The molecule has 1 aromatic rings. The third-order valence-electron chi connectivity index (χ3n) is 3.36. The minimum absolute atomic E-state index is 0.768. The molecule has 0 spiro atoms. The van der Waals surface area contributed by atoms with Crippen molar-refractivity contribution < 1.29 is 0 Å². The molecule has 0 radical (unpaired) electrons. The van der Waals surface area contributed by atoms with E-state index in [1.165, 1.54) is 24.9 Å². The predicted molar refractivity (Wildman–Crippen MR) is 81.1 cm³/mol. The molecule has 0 aliphatic heterocycles. The number of nitrogens with one attached hydrogen (secondary N) is 1. The van der Waals surface area contributed by atoms with Gasteiger partial charge in [-0.1, -0.05) is 24.6 Å². The summed E-state index contributed by atoms with van der Waals surface area (Å²) in [7, 11) is 0. The van der Waals surface area contributed by atoms with Gasteiger partial charge in [-0.3, -0.25) is 4.90 Å². The Morgan fingerprint density at radius 3 is 2.83 bits per heavy atom. The molecule has 0 atom stereocenters. The molecular weight excluding hydrogens is 312 g/mol. The fourth-order valence-electron chi connectivity index (χ4n) is 2.14. The molecule has 1 aliphatic rings. The van der Waals surface area contributed by atoms with Crippen LogP contribution in [-0.2, 0) is 6.54 Å². The highest BCUT2D eigenvalue weighted by Gasteiger charge is 2.26. The summed E-state index contributed by atoms with van der Waals surface area (Å²) in [6, 6.07) is 6.94. The lowest BCUT2D eigenvalue weighted by Crippen LogP contribution is -2.33. The molecule has 1 saturated carbocycles. The number of hydrogen-bond donors (Lipinski definition) is 1. The first-order chi connectivity index (χ1) is 8.70. The first-order valence-electron chi connectivity index (χ1n) is 6.59. The van der Waals surface area contributed by atoms with Gasteiger partial charge in [-0.25, -0.2) is 0 Å². The maximum absolute atomic E-state index is 5.97. The van der Waals surface area contributed by atoms with E-state index < -0.39 is 0 Å². The van der Waals surface area contributed by atoms with Gasteiger partial charge in [0.2, 0.25) is 0 Å². The van der Waals surface area contributed by atoms with Crippen LogP contribution < -0.4 is 5.32 Å². The van der Waals surface area contributed by atoms with E-state index in [2.05, 4.69) is 45.2 Å². The number of hydrogen-bond acceptors (Lipinski definition) is 2. The zero-order valence-corrected chi connectivity index (χ0v) is 13.1. The lowest BCUT2D eigenvalue weighted by atomic mass is 10.2. The van der Waals surface area contributed by atoms with Crippen LogP contribution in [0.1, 0.15) is 25.3 Å². The summed E-state index contributed by atoms with van der Waals surface area (Å²) in [4.78, 5) is 2.56. The zero-order chi connectivity index (χ0) is 13.0. The maximum Gasteiger partial charge on any atom is 0.0548 e. The minimum atomic E-state index is 0.768. The molecule has 0 aromatic heterocycles. The second-order valence-corrected chi connectivity index (χ2v) is 6.05. The highest BCUT2D eigenvalue weighted by atomic mass is 79.9. The van der Waals surface area contributed by atoms with E-state index in [1.54, 1.807) is 0 Å². The Morgan fingerprint density at radius 2 is 2.22 bits per heavy atom. The maximum atomic E-state index is 5.97. The van der Waals surface area contributed by atoms with E-state index in [0.29, 0.717) is 0 Å². The third-order valence-corrected chi connectivity index (χ3v) is 4.57. The van der Waals surface area contributed by atoms with Gasteiger partial charge >= 0.3 is 0 Å². The Balaban J connectivity index is 1.69. The van der Waals surface area contributed by atoms with Crippen molar-refractivity contribution in [3.63, 3.8) is 0 Å². The van der Waals surface area contributed by atoms with Crippen LogP contribution in [-0.4, -0.2) is 30.6 Å². The molecule has 1 fully saturated rings. The van der Waals surface area contributed by atoms with Crippen molar-refractivity contribution in [3.05, 3.63) is 33.3 Å². The fourth-order valence-corrected chi connectivity index (χ4v) is 2.69. The average Bonchev–Trinajstić information content (AvgIpc) is 3.18. The number of likely N-dealkylation sites (N-methyl/N-ethyl adjacent to an activating group) is 1. The molecule has 0 saturated heterocycles. The van der Waals surface area contributed by atoms with Gasteiger partial charge < -0.3 is 5.32 Å². The van der Waals surface area contributed by atoms with E-state index in [1.807, 2.05) is 6.07 Å². The van der Waals surface area contributed by atoms with Crippen molar-refractivity contribution in [1.82, 2.24) is 10.2 Å². The highest BCUT2D eigenvalue weighted by Crippen LogP contribution is 2.26. The van der Waals surface area contributed by atoms with E-state index >= 15 is 0 Å². The van der Waals surface area contributed by atoms with Crippen molar-refractivity contribution in [1.29, 1.82) is 0 Å². The summed E-state index contributed by atoms with van der Waals surface area (Å²) in [5.74, 6) is 0. The molecule has 0 bridgehead atoms. The van der Waals surface area contributed by atoms with Gasteiger partial charge in [-0.15, -0.1) is 0 Å². The predicted octanol–water partition coefficient (Wildman–Crippen LogP) is 3.68. The first-order valence-corrected chi connectivity index (χ1v) is 7.76. The number of benzene rings is 1. The van der Waals surface area contributed by atoms with Crippen LogP contribution in [0.4, 0.5) is 0 Å². The Hall–Kier alpha value is -0.0900. The second-order valence-electron chi connectivity index (χ2n) is 4.79. The van der Waals surface area contributed by atoms with Gasteiger partial charge in [-0.2, -0.15) is 0 Å². The Bertz CT molecular complexity index is 393. The molecule has 18 heavy (non-hydrogen) atoms. The Kier molecular flexibility index (Phi) is 5.49. The van der Waals surface area contributed by atoms with E-state index in [4.69, 9.17) is 11.6 Å². The molecular formula is C14H20BrClN2. The summed E-state index contributed by atoms with van der Waals surface area (Å²) in [5.41, 5.74) is 1.26. The van der Waals surface area contributed by atoms with Crippen LogP contribution in [0, 0.1) is 0 Å². The topological polar surface area (TPSA) is 15.3 Å². The second kappa shape index (κ2) is 6.90. The summed E-state index contributed by atoms with van der Waals surface area (Å²) >= 11 is 9.42. The number of halogens is 2. The molecule has 1 N–H and O–H groups in total. The van der Waals surface area contributed by atoms with Crippen LogP contribution in [0.25, 0.3) is 0 Å². The van der Waals surface area contributed by atoms with Crippen molar-refractivity contribution in [2.24, 2.45) is 0 Å². The monoisotopic (exact) mass is 330 g/mol. The van der Waals surface area contributed by atoms with Gasteiger partial charge in [0.25, 0.3) is 0 Å². The van der Waals surface area contributed by atoms with Gasteiger partial charge in [0.15, 0.2) is 0 Å². The lowest BCUT2D eigenvalue weighted by Gasteiger charge is -2.19. The van der Waals surface area contributed by atoms with E-state index in [-0.39, 0.29) is 0 Å². The standard InChI is InChI=1S/C14H20BrClN2/c1-2-18(12-4-5-12)8-7-17-10-11-3-6-14(16)13(15)9-11/h3,6,9,12,17H,2,4-5,7-8,10H2,1H3. The van der Waals surface area contributed by atoms with E-state index in [0.717, 1.165) is 35.2 Å². The molecule has 0 heterocycles. The van der Waals surface area contributed by atoms with Crippen molar-refractivity contribution in [2.45, 2.75) is 32.4 Å². The molecule has 2 nitrogen and oxygen atoms in total. The van der Waals surface area contributed by atoms with Crippen molar-refractivity contribution >= 4 is 27.5 Å². The van der Waals surface area contributed by atoms with Gasteiger partial charge in [0.05, 0.1) is 5.02 Å². The van der Waals surface area contributed by atoms with Crippen LogP contribution in [0.3, 0.4) is 0 Å². The highest BCUT2D eigenvalue weighted by molar-refractivity contribution is 9.10. The minimum Gasteiger partial charge on any atom is -0.311 e. The summed E-state index contributed by atoms with van der Waals surface area (Å²) in [5, 5.41) is 4.26. The molecule has 100 valence electrons. The summed E-state index contributed by atoms with van der Waals surface area (Å²) < 4.78 is 0.969. The quantitative estimate of drug-likeness (QED) is 0.767. The van der Waals surface area contributed by atoms with Crippen LogP contribution in [0.15, 0.2) is 22.7 Å². The molecule has 1 aromatic carbocycles. The SMILES string of the molecule is CCN(CCNCc1ccc(Cl)c(Br)c1)C1CC1. The normalized spacial score (nSPS) is 15.3. The molecule has 2 rings (SSSR count).